The van der Waals surface area contributed by atoms with Crippen molar-refractivity contribution in [3.63, 3.8) is 0 Å². The van der Waals surface area contributed by atoms with Crippen LogP contribution in [0.1, 0.15) is 27.7 Å². The molecule has 0 amide bonds. The fraction of sp³-hybridized carbons (Fsp3) is 0.375. The number of carbonyl (C=O) groups is 1. The van der Waals surface area contributed by atoms with Gasteiger partial charge < -0.3 is 9.72 Å². The molecule has 0 saturated heterocycles. The van der Waals surface area contributed by atoms with Crippen molar-refractivity contribution >= 4 is 33.2 Å². The zero-order valence-corrected chi connectivity index (χ0v) is 16.0. The number of nitrogens with zero attached hydrogens (tertiary/aromatic N) is 4. The third-order valence-electron chi connectivity index (χ3n) is 4.26. The fourth-order valence-electron chi connectivity index (χ4n) is 2.79. The van der Waals surface area contributed by atoms with Crippen molar-refractivity contribution in [2.75, 3.05) is 0 Å². The molecule has 3 aromatic heterocycles. The topological polar surface area (TPSA) is 133 Å². The van der Waals surface area contributed by atoms with Crippen molar-refractivity contribution in [3.8, 4) is 0 Å². The highest BCUT2D eigenvalue weighted by molar-refractivity contribution is 7.18. The Balaban J connectivity index is 1.73. The molecular weight excluding hydrogens is 374 g/mol. The molecule has 10 nitrogen and oxygen atoms in total. The molecule has 0 radical (unpaired) electrons. The SMILES string of the molecule is Cc1nn(CC(=O)OCc2nc3sc(C)c(C)c3c(=O)[nH]2)c(C)c1[N+](=O)[O-]. The number of nitro groups is 1. The molecule has 0 unspecified atom stereocenters. The van der Waals surface area contributed by atoms with Gasteiger partial charge in [-0.3, -0.25) is 24.4 Å². The second-order valence-electron chi connectivity index (χ2n) is 6.07. The summed E-state index contributed by atoms with van der Waals surface area (Å²) in [7, 11) is 0. The first-order valence-electron chi connectivity index (χ1n) is 8.02. The lowest BCUT2D eigenvalue weighted by molar-refractivity contribution is -0.386. The van der Waals surface area contributed by atoms with E-state index in [1.165, 1.54) is 29.9 Å². The Morgan fingerprint density at radius 1 is 1.33 bits per heavy atom. The summed E-state index contributed by atoms with van der Waals surface area (Å²) in [5.74, 6) is -0.404. The highest BCUT2D eigenvalue weighted by Crippen LogP contribution is 2.25. The van der Waals surface area contributed by atoms with Crippen LogP contribution in [0.25, 0.3) is 10.2 Å². The van der Waals surface area contributed by atoms with E-state index < -0.39 is 10.9 Å². The van der Waals surface area contributed by atoms with Gasteiger partial charge in [0.2, 0.25) is 0 Å². The van der Waals surface area contributed by atoms with Gasteiger partial charge in [0, 0.05) is 4.88 Å². The highest BCUT2D eigenvalue weighted by Gasteiger charge is 2.23. The first-order chi connectivity index (χ1) is 12.7. The molecular formula is C16H17N5O5S. The summed E-state index contributed by atoms with van der Waals surface area (Å²) in [6.07, 6.45) is 0. The summed E-state index contributed by atoms with van der Waals surface area (Å²) in [5.41, 5.74) is 0.986. The predicted molar refractivity (Wildman–Crippen MR) is 97.9 cm³/mol. The molecule has 0 aliphatic heterocycles. The van der Waals surface area contributed by atoms with Gasteiger partial charge in [-0.2, -0.15) is 5.10 Å². The van der Waals surface area contributed by atoms with E-state index >= 15 is 0 Å². The van der Waals surface area contributed by atoms with Crippen molar-refractivity contribution in [2.24, 2.45) is 0 Å². The van der Waals surface area contributed by atoms with Crippen LogP contribution in [-0.4, -0.2) is 30.6 Å². The van der Waals surface area contributed by atoms with E-state index in [1.807, 2.05) is 13.8 Å². The second kappa shape index (κ2) is 6.91. The molecule has 27 heavy (non-hydrogen) atoms. The van der Waals surface area contributed by atoms with Crippen molar-refractivity contribution in [3.05, 3.63) is 48.1 Å². The summed E-state index contributed by atoms with van der Waals surface area (Å²) in [6.45, 7) is 6.31. The Labute approximate surface area is 157 Å². The molecule has 0 atom stereocenters. The van der Waals surface area contributed by atoms with Gasteiger partial charge in [0.1, 0.15) is 35.2 Å². The van der Waals surface area contributed by atoms with Crippen LogP contribution in [-0.2, 0) is 22.7 Å². The number of aromatic amines is 1. The van der Waals surface area contributed by atoms with E-state index in [0.717, 1.165) is 10.4 Å². The minimum absolute atomic E-state index is 0.123. The average Bonchev–Trinajstić information content (AvgIpc) is 3.01. The first-order valence-corrected chi connectivity index (χ1v) is 8.83. The maximum atomic E-state index is 12.2. The lowest BCUT2D eigenvalue weighted by atomic mass is 10.2. The van der Waals surface area contributed by atoms with Gasteiger partial charge >= 0.3 is 11.7 Å². The molecule has 0 aromatic carbocycles. The number of nitrogens with one attached hydrogen (secondary N) is 1. The Kier molecular flexibility index (Phi) is 4.79. The first kappa shape index (κ1) is 18.7. The number of ether oxygens (including phenoxy) is 1. The van der Waals surface area contributed by atoms with Crippen LogP contribution < -0.4 is 5.56 Å². The van der Waals surface area contributed by atoms with E-state index in [-0.39, 0.29) is 41.6 Å². The van der Waals surface area contributed by atoms with Crippen LogP contribution in [0.15, 0.2) is 4.79 Å². The molecule has 142 valence electrons. The van der Waals surface area contributed by atoms with Crippen molar-refractivity contribution < 1.29 is 14.5 Å². The van der Waals surface area contributed by atoms with Crippen molar-refractivity contribution in [1.29, 1.82) is 0 Å². The molecule has 0 fully saturated rings. The molecule has 3 rings (SSSR count). The van der Waals surface area contributed by atoms with Crippen LogP contribution in [0.2, 0.25) is 0 Å². The van der Waals surface area contributed by atoms with Crippen molar-refractivity contribution in [1.82, 2.24) is 19.7 Å². The van der Waals surface area contributed by atoms with E-state index in [4.69, 9.17) is 4.74 Å². The number of carbonyl (C=O) groups excluding carboxylic acids is 1. The van der Waals surface area contributed by atoms with Crippen LogP contribution in [0.3, 0.4) is 0 Å². The zero-order valence-electron chi connectivity index (χ0n) is 15.2. The molecule has 3 heterocycles. The standard InChI is InChI=1S/C16H17N5O5S/c1-7-10(4)27-16-13(7)15(23)17-11(18-16)6-26-12(22)5-20-9(3)14(21(24)25)8(2)19-20/h5-6H2,1-4H3,(H,17,18,23). The molecule has 0 saturated carbocycles. The molecule has 0 spiro atoms. The number of hydrogen-bond acceptors (Lipinski definition) is 8. The number of rotatable bonds is 5. The van der Waals surface area contributed by atoms with Gasteiger partial charge in [-0.1, -0.05) is 0 Å². The quantitative estimate of drug-likeness (QED) is 0.400. The molecule has 1 N–H and O–H groups in total. The molecule has 11 heteroatoms. The Morgan fingerprint density at radius 2 is 2.04 bits per heavy atom. The van der Waals surface area contributed by atoms with Crippen LogP contribution in [0, 0.1) is 37.8 Å². The average molecular weight is 391 g/mol. The van der Waals surface area contributed by atoms with E-state index in [0.29, 0.717) is 10.2 Å². The normalized spacial score (nSPS) is 11.1. The number of H-pyrrole nitrogens is 1. The van der Waals surface area contributed by atoms with Gasteiger partial charge in [-0.05, 0) is 33.3 Å². The Bertz CT molecular complexity index is 1130. The van der Waals surface area contributed by atoms with Crippen LogP contribution in [0.5, 0.6) is 0 Å². The molecule has 0 bridgehead atoms. The van der Waals surface area contributed by atoms with Crippen molar-refractivity contribution in [2.45, 2.75) is 40.8 Å². The smallest absolute Gasteiger partial charge is 0.328 e. The Hall–Kier alpha value is -3.08. The summed E-state index contributed by atoms with van der Waals surface area (Å²) in [5, 5.41) is 15.6. The maximum Gasteiger partial charge on any atom is 0.328 e. The number of aromatic nitrogens is 4. The number of esters is 1. The van der Waals surface area contributed by atoms with Gasteiger partial charge in [0.05, 0.1) is 10.3 Å². The maximum absolute atomic E-state index is 12.2. The van der Waals surface area contributed by atoms with Gasteiger partial charge in [0.15, 0.2) is 0 Å². The molecule has 3 aromatic rings. The number of fused-ring (bicyclic) bond motifs is 1. The lowest BCUT2D eigenvalue weighted by Crippen LogP contribution is -2.18. The van der Waals surface area contributed by atoms with Crippen LogP contribution in [0.4, 0.5) is 5.69 Å². The summed E-state index contributed by atoms with van der Waals surface area (Å²) < 4.78 is 6.36. The molecule has 0 aliphatic rings. The van der Waals surface area contributed by atoms with E-state index in [1.54, 1.807) is 0 Å². The second-order valence-corrected chi connectivity index (χ2v) is 7.27. The largest absolute Gasteiger partial charge is 0.456 e. The lowest BCUT2D eigenvalue weighted by Gasteiger charge is -2.06. The summed E-state index contributed by atoms with van der Waals surface area (Å²) >= 11 is 1.40. The van der Waals surface area contributed by atoms with Gasteiger partial charge in [0.25, 0.3) is 5.56 Å². The van der Waals surface area contributed by atoms with E-state index in [2.05, 4.69) is 15.1 Å². The number of aryl methyl sites for hydroxylation is 3. The third kappa shape index (κ3) is 3.45. The summed E-state index contributed by atoms with van der Waals surface area (Å²) in [4.78, 5) is 43.3. The number of thiophene rings is 1. The summed E-state index contributed by atoms with van der Waals surface area (Å²) in [6, 6.07) is 0. The minimum Gasteiger partial charge on any atom is -0.456 e. The van der Waals surface area contributed by atoms with Gasteiger partial charge in [-0.25, -0.2) is 4.98 Å². The third-order valence-corrected chi connectivity index (χ3v) is 5.36. The molecule has 0 aliphatic carbocycles. The Morgan fingerprint density at radius 3 is 2.67 bits per heavy atom. The zero-order chi connectivity index (χ0) is 19.9. The van der Waals surface area contributed by atoms with E-state index in [9.17, 15) is 19.7 Å². The predicted octanol–water partition coefficient (Wildman–Crippen LogP) is 2.07. The van der Waals surface area contributed by atoms with Crippen LogP contribution >= 0.6 is 11.3 Å². The van der Waals surface area contributed by atoms with Gasteiger partial charge in [-0.15, -0.1) is 11.3 Å². The highest BCUT2D eigenvalue weighted by atomic mass is 32.1. The monoisotopic (exact) mass is 391 g/mol. The number of hydrogen-bond donors (Lipinski definition) is 1. The fourth-order valence-corrected chi connectivity index (χ4v) is 3.84. The minimum atomic E-state index is -0.642.